The Balaban J connectivity index is 1.84. The molecule has 1 aromatic rings. The van der Waals surface area contributed by atoms with Crippen molar-refractivity contribution in [2.24, 2.45) is 5.92 Å². The Bertz CT molecular complexity index is 486. The van der Waals surface area contributed by atoms with E-state index >= 15 is 0 Å². The van der Waals surface area contributed by atoms with E-state index < -0.39 is 18.0 Å². The van der Waals surface area contributed by atoms with E-state index in [1.807, 2.05) is 13.0 Å². The Hall–Kier alpha value is -2.11. The molecule has 6 nitrogen and oxygen atoms in total. The van der Waals surface area contributed by atoms with Crippen molar-refractivity contribution in [3.05, 3.63) is 29.6 Å². The first-order valence-electron chi connectivity index (χ1n) is 6.24. The first-order chi connectivity index (χ1) is 9.08. The highest BCUT2D eigenvalue weighted by molar-refractivity contribution is 5.83. The maximum Gasteiger partial charge on any atom is 0.326 e. The van der Waals surface area contributed by atoms with Crippen LogP contribution in [0.2, 0.25) is 0 Å². The Morgan fingerprint density at radius 2 is 2.26 bits per heavy atom. The van der Waals surface area contributed by atoms with Crippen LogP contribution >= 0.6 is 0 Å². The molecule has 1 fully saturated rings. The molecule has 19 heavy (non-hydrogen) atoms. The minimum Gasteiger partial charge on any atom is -0.480 e. The second kappa shape index (κ2) is 5.69. The fourth-order valence-corrected chi connectivity index (χ4v) is 1.88. The molecule has 1 aliphatic carbocycles. The van der Waals surface area contributed by atoms with Crippen molar-refractivity contribution in [3.8, 4) is 0 Å². The first-order valence-corrected chi connectivity index (χ1v) is 6.24. The highest BCUT2D eigenvalue weighted by Gasteiger charge is 2.37. The van der Waals surface area contributed by atoms with Gasteiger partial charge in [-0.15, -0.1) is 0 Å². The predicted octanol–water partition coefficient (Wildman–Crippen LogP) is 1.05. The number of aliphatic carboxylic acids is 1. The van der Waals surface area contributed by atoms with Crippen molar-refractivity contribution in [1.29, 1.82) is 0 Å². The van der Waals surface area contributed by atoms with Crippen molar-refractivity contribution in [1.82, 2.24) is 15.6 Å². The fraction of sp³-hybridized carbons (Fsp3) is 0.462. The van der Waals surface area contributed by atoms with Gasteiger partial charge in [-0.05, 0) is 42.9 Å². The number of rotatable bonds is 5. The summed E-state index contributed by atoms with van der Waals surface area (Å²) in [5.41, 5.74) is 1.95. The SMILES string of the molecule is Cc1cnccc1CNC(=O)NC(C(=O)O)C1CC1. The van der Waals surface area contributed by atoms with E-state index in [9.17, 15) is 9.59 Å². The maximum atomic E-state index is 11.7. The number of carboxylic acids is 1. The molecule has 1 atom stereocenters. The monoisotopic (exact) mass is 263 g/mol. The Labute approximate surface area is 111 Å². The minimum atomic E-state index is -0.974. The van der Waals surface area contributed by atoms with Crippen LogP contribution in [0.5, 0.6) is 0 Å². The van der Waals surface area contributed by atoms with Gasteiger partial charge < -0.3 is 15.7 Å². The van der Waals surface area contributed by atoms with Crippen LogP contribution in [0.3, 0.4) is 0 Å². The van der Waals surface area contributed by atoms with Crippen LogP contribution in [-0.2, 0) is 11.3 Å². The van der Waals surface area contributed by atoms with E-state index in [0.29, 0.717) is 6.54 Å². The number of amides is 2. The van der Waals surface area contributed by atoms with Crippen molar-refractivity contribution in [2.45, 2.75) is 32.4 Å². The smallest absolute Gasteiger partial charge is 0.326 e. The molecular formula is C13H17N3O3. The molecule has 1 aliphatic rings. The van der Waals surface area contributed by atoms with Crippen LogP contribution in [0, 0.1) is 12.8 Å². The van der Waals surface area contributed by atoms with Gasteiger partial charge in [0.25, 0.3) is 0 Å². The van der Waals surface area contributed by atoms with Crippen molar-refractivity contribution < 1.29 is 14.7 Å². The molecule has 1 heterocycles. The van der Waals surface area contributed by atoms with E-state index in [-0.39, 0.29) is 5.92 Å². The second-order valence-corrected chi connectivity index (χ2v) is 4.78. The van der Waals surface area contributed by atoms with E-state index in [4.69, 9.17) is 5.11 Å². The summed E-state index contributed by atoms with van der Waals surface area (Å²) >= 11 is 0. The van der Waals surface area contributed by atoms with Gasteiger partial charge in [0.15, 0.2) is 0 Å². The summed E-state index contributed by atoms with van der Waals surface area (Å²) in [4.78, 5) is 26.6. The van der Waals surface area contributed by atoms with Gasteiger partial charge in [-0.1, -0.05) is 0 Å². The van der Waals surface area contributed by atoms with Gasteiger partial charge in [0, 0.05) is 18.9 Å². The zero-order chi connectivity index (χ0) is 13.8. The lowest BCUT2D eigenvalue weighted by atomic mass is 10.1. The summed E-state index contributed by atoms with van der Waals surface area (Å²) in [6, 6.07) is 0.597. The topological polar surface area (TPSA) is 91.3 Å². The number of nitrogens with one attached hydrogen (secondary N) is 2. The van der Waals surface area contributed by atoms with Crippen LogP contribution in [0.25, 0.3) is 0 Å². The third kappa shape index (κ3) is 3.67. The third-order valence-electron chi connectivity index (χ3n) is 3.22. The molecule has 1 unspecified atom stereocenters. The summed E-state index contributed by atoms with van der Waals surface area (Å²) in [7, 11) is 0. The Kier molecular flexibility index (Phi) is 3.99. The number of carboxylic acid groups (broad SMARTS) is 1. The minimum absolute atomic E-state index is 0.0749. The molecule has 0 aromatic carbocycles. The quantitative estimate of drug-likeness (QED) is 0.740. The van der Waals surface area contributed by atoms with Crippen LogP contribution < -0.4 is 10.6 Å². The highest BCUT2D eigenvalue weighted by atomic mass is 16.4. The van der Waals surface area contributed by atoms with E-state index in [1.165, 1.54) is 0 Å². The van der Waals surface area contributed by atoms with E-state index in [0.717, 1.165) is 24.0 Å². The molecule has 2 amide bonds. The maximum absolute atomic E-state index is 11.7. The zero-order valence-corrected chi connectivity index (χ0v) is 10.7. The summed E-state index contributed by atoms with van der Waals surface area (Å²) in [6.45, 7) is 2.27. The van der Waals surface area contributed by atoms with Crippen LogP contribution in [0.4, 0.5) is 4.79 Å². The second-order valence-electron chi connectivity index (χ2n) is 4.78. The number of aromatic nitrogens is 1. The van der Waals surface area contributed by atoms with Crippen LogP contribution in [0.15, 0.2) is 18.5 Å². The van der Waals surface area contributed by atoms with Gasteiger partial charge in [-0.2, -0.15) is 0 Å². The standard InChI is InChI=1S/C13H17N3O3/c1-8-6-14-5-4-10(8)7-15-13(19)16-11(12(17)18)9-2-3-9/h4-6,9,11H,2-3,7H2,1H3,(H,17,18)(H2,15,16,19). The number of hydrogen-bond donors (Lipinski definition) is 3. The molecule has 6 heteroatoms. The summed E-state index contributed by atoms with van der Waals surface area (Å²) < 4.78 is 0. The molecule has 1 saturated carbocycles. The highest BCUT2D eigenvalue weighted by Crippen LogP contribution is 2.32. The largest absolute Gasteiger partial charge is 0.480 e. The van der Waals surface area contributed by atoms with Gasteiger partial charge in [0.05, 0.1) is 0 Å². The Morgan fingerprint density at radius 3 is 2.84 bits per heavy atom. The van der Waals surface area contributed by atoms with Gasteiger partial charge in [0.1, 0.15) is 6.04 Å². The number of carbonyl (C=O) groups excluding carboxylic acids is 1. The summed E-state index contributed by atoms with van der Waals surface area (Å²) in [5, 5.41) is 14.2. The van der Waals surface area contributed by atoms with Gasteiger partial charge >= 0.3 is 12.0 Å². The van der Waals surface area contributed by atoms with E-state index in [1.54, 1.807) is 12.4 Å². The van der Waals surface area contributed by atoms with Crippen molar-refractivity contribution >= 4 is 12.0 Å². The molecular weight excluding hydrogens is 246 g/mol. The molecule has 0 bridgehead atoms. The number of aryl methyl sites for hydroxylation is 1. The molecule has 0 aliphatic heterocycles. The molecule has 102 valence electrons. The predicted molar refractivity (Wildman–Crippen MR) is 68.5 cm³/mol. The fourth-order valence-electron chi connectivity index (χ4n) is 1.88. The molecule has 0 radical (unpaired) electrons. The first kappa shape index (κ1) is 13.3. The Morgan fingerprint density at radius 1 is 1.53 bits per heavy atom. The lowest BCUT2D eigenvalue weighted by Crippen LogP contribution is -2.47. The normalized spacial score (nSPS) is 15.6. The van der Waals surface area contributed by atoms with Crippen molar-refractivity contribution in [2.75, 3.05) is 0 Å². The third-order valence-corrected chi connectivity index (χ3v) is 3.22. The number of urea groups is 1. The molecule has 0 saturated heterocycles. The van der Waals surface area contributed by atoms with Gasteiger partial charge in [-0.25, -0.2) is 9.59 Å². The average Bonchev–Trinajstić information content (AvgIpc) is 3.19. The molecule has 3 N–H and O–H groups in total. The number of nitrogens with zero attached hydrogens (tertiary/aromatic N) is 1. The zero-order valence-electron chi connectivity index (χ0n) is 10.7. The van der Waals surface area contributed by atoms with Crippen LogP contribution in [-0.4, -0.2) is 28.1 Å². The number of pyridine rings is 1. The van der Waals surface area contributed by atoms with E-state index in [2.05, 4.69) is 15.6 Å². The van der Waals surface area contributed by atoms with Gasteiger partial charge in [-0.3, -0.25) is 4.98 Å². The summed E-state index contributed by atoms with van der Waals surface area (Å²) in [6.07, 6.45) is 5.10. The average molecular weight is 263 g/mol. The molecule has 1 aromatic heterocycles. The summed E-state index contributed by atoms with van der Waals surface area (Å²) in [5.74, 6) is -0.899. The van der Waals surface area contributed by atoms with Gasteiger partial charge in [0.2, 0.25) is 0 Å². The number of hydrogen-bond acceptors (Lipinski definition) is 3. The lowest BCUT2D eigenvalue weighted by molar-refractivity contribution is -0.139. The molecule has 2 rings (SSSR count). The number of carbonyl (C=O) groups is 2. The van der Waals surface area contributed by atoms with Crippen molar-refractivity contribution in [3.63, 3.8) is 0 Å². The molecule has 0 spiro atoms. The van der Waals surface area contributed by atoms with Crippen LogP contribution in [0.1, 0.15) is 24.0 Å². The lowest BCUT2D eigenvalue weighted by Gasteiger charge is -2.14.